The van der Waals surface area contributed by atoms with Gasteiger partial charge in [0.2, 0.25) is 0 Å². The van der Waals surface area contributed by atoms with Gasteiger partial charge in [0.1, 0.15) is 5.69 Å². The molecule has 2 heterocycles. The summed E-state index contributed by atoms with van der Waals surface area (Å²) in [5.74, 6) is -0.204. The van der Waals surface area contributed by atoms with Gasteiger partial charge in [-0.15, -0.1) is 0 Å². The van der Waals surface area contributed by atoms with E-state index in [0.29, 0.717) is 27.9 Å². The smallest absolute Gasteiger partial charge is 0.339 e. The second kappa shape index (κ2) is 9.28. The number of nitrogens with zero attached hydrogens (tertiary/aromatic N) is 1. The second-order valence-corrected chi connectivity index (χ2v) is 8.28. The third-order valence-corrected chi connectivity index (χ3v) is 5.54. The molecule has 1 N–H and O–H groups in total. The zero-order valence-electron chi connectivity index (χ0n) is 19.1. The van der Waals surface area contributed by atoms with Crippen molar-refractivity contribution < 1.29 is 18.7 Å². The van der Waals surface area contributed by atoms with Crippen LogP contribution in [-0.2, 0) is 9.53 Å². The predicted octanol–water partition coefficient (Wildman–Crippen LogP) is 6.11. The van der Waals surface area contributed by atoms with Crippen LogP contribution in [0.1, 0.15) is 48.2 Å². The van der Waals surface area contributed by atoms with Gasteiger partial charge in [0.25, 0.3) is 5.91 Å². The van der Waals surface area contributed by atoms with E-state index < -0.39 is 12.1 Å². The highest BCUT2D eigenvalue weighted by atomic mass is 16.5. The number of carbonyl (C=O) groups excluding carboxylic acids is 2. The quantitative estimate of drug-likeness (QED) is 0.364. The van der Waals surface area contributed by atoms with Gasteiger partial charge < -0.3 is 14.5 Å². The molecule has 0 radical (unpaired) electrons. The van der Waals surface area contributed by atoms with Crippen molar-refractivity contribution in [2.45, 2.75) is 39.7 Å². The van der Waals surface area contributed by atoms with Crippen LogP contribution in [0.15, 0.2) is 71.3 Å². The molecule has 2 aromatic carbocycles. The number of aromatic nitrogens is 1. The largest absolute Gasteiger partial charge is 0.463 e. The lowest BCUT2D eigenvalue weighted by Gasteiger charge is -2.19. The summed E-state index contributed by atoms with van der Waals surface area (Å²) in [5, 5.41) is 3.59. The van der Waals surface area contributed by atoms with Crippen LogP contribution >= 0.6 is 0 Å². The fourth-order valence-corrected chi connectivity index (χ4v) is 3.74. The molecule has 6 nitrogen and oxygen atoms in total. The van der Waals surface area contributed by atoms with Crippen LogP contribution in [0, 0.1) is 6.92 Å². The first kappa shape index (κ1) is 22.3. The molecular formula is C27H26N2O4. The zero-order valence-corrected chi connectivity index (χ0v) is 19.1. The molecule has 33 heavy (non-hydrogen) atoms. The van der Waals surface area contributed by atoms with Gasteiger partial charge in [0.05, 0.1) is 17.3 Å². The van der Waals surface area contributed by atoms with Gasteiger partial charge in [-0.1, -0.05) is 50.2 Å². The van der Waals surface area contributed by atoms with E-state index in [0.717, 1.165) is 16.8 Å². The van der Waals surface area contributed by atoms with Crippen LogP contribution < -0.4 is 5.32 Å². The average Bonchev–Trinajstić information content (AvgIpc) is 3.34. The molecule has 6 heteroatoms. The van der Waals surface area contributed by atoms with Crippen molar-refractivity contribution >= 4 is 28.5 Å². The van der Waals surface area contributed by atoms with Gasteiger partial charge in [-0.25, -0.2) is 9.78 Å². The van der Waals surface area contributed by atoms with Gasteiger partial charge in [-0.2, -0.15) is 0 Å². The minimum absolute atomic E-state index is 0.237. The van der Waals surface area contributed by atoms with Crippen LogP contribution in [0.25, 0.3) is 22.4 Å². The highest BCUT2D eigenvalue weighted by Gasteiger charge is 2.23. The monoisotopic (exact) mass is 442 g/mol. The topological polar surface area (TPSA) is 81.4 Å². The molecule has 2 aromatic heterocycles. The number of benzene rings is 2. The number of nitrogens with one attached hydrogen (secondary N) is 1. The van der Waals surface area contributed by atoms with Crippen molar-refractivity contribution in [1.82, 2.24) is 4.98 Å². The Balaban J connectivity index is 1.59. The minimum Gasteiger partial charge on any atom is -0.463 e. The first-order valence-corrected chi connectivity index (χ1v) is 10.9. The van der Waals surface area contributed by atoms with E-state index in [-0.39, 0.29) is 11.8 Å². The number of hydrogen-bond donors (Lipinski definition) is 1. The van der Waals surface area contributed by atoms with Gasteiger partial charge >= 0.3 is 5.97 Å². The summed E-state index contributed by atoms with van der Waals surface area (Å²) in [6.07, 6.45) is 0.559. The summed E-state index contributed by atoms with van der Waals surface area (Å²) in [6, 6.07) is 18.4. The van der Waals surface area contributed by atoms with E-state index in [1.165, 1.54) is 0 Å². The number of aryl methyl sites for hydroxylation is 1. The molecule has 0 aliphatic carbocycles. The minimum atomic E-state index is -0.990. The Morgan fingerprint density at radius 3 is 2.52 bits per heavy atom. The van der Waals surface area contributed by atoms with Gasteiger partial charge in [0.15, 0.2) is 11.9 Å². The fraction of sp³-hybridized carbons (Fsp3) is 0.222. The lowest BCUT2D eigenvalue weighted by molar-refractivity contribution is -0.123. The number of esters is 1. The van der Waals surface area contributed by atoms with Crippen molar-refractivity contribution in [3.05, 3.63) is 83.6 Å². The maximum absolute atomic E-state index is 13.1. The molecule has 0 bridgehead atoms. The first-order chi connectivity index (χ1) is 15.8. The third kappa shape index (κ3) is 4.65. The molecular weight excluding hydrogens is 416 g/mol. The van der Waals surface area contributed by atoms with Gasteiger partial charge in [0, 0.05) is 11.1 Å². The number of furan rings is 1. The van der Waals surface area contributed by atoms with Gasteiger partial charge in [-0.3, -0.25) is 4.79 Å². The number of ether oxygens (including phenoxy) is 1. The van der Waals surface area contributed by atoms with E-state index in [4.69, 9.17) is 9.15 Å². The summed E-state index contributed by atoms with van der Waals surface area (Å²) in [4.78, 5) is 30.6. The highest BCUT2D eigenvalue weighted by Crippen LogP contribution is 2.28. The van der Waals surface area contributed by atoms with E-state index in [1.54, 1.807) is 37.5 Å². The highest BCUT2D eigenvalue weighted by molar-refractivity contribution is 6.06. The Morgan fingerprint density at radius 1 is 1.00 bits per heavy atom. The van der Waals surface area contributed by atoms with E-state index in [2.05, 4.69) is 24.1 Å². The van der Waals surface area contributed by atoms with Crippen LogP contribution in [0.4, 0.5) is 5.69 Å². The summed E-state index contributed by atoms with van der Waals surface area (Å²) in [7, 11) is 0. The summed E-state index contributed by atoms with van der Waals surface area (Å²) >= 11 is 0. The molecule has 0 aliphatic heterocycles. The third-order valence-electron chi connectivity index (χ3n) is 5.54. The standard InChI is InChI=1S/C27H26N2O4/c1-16(2)19-11-7-9-17(3)25(19)29-26(30)18(4)33-27(31)21-15-23(24-13-8-14-32-24)28-22-12-6-5-10-20(21)22/h5-16,18H,1-4H3,(H,29,30). The van der Waals surface area contributed by atoms with Crippen LogP contribution in [0.5, 0.6) is 0 Å². The summed E-state index contributed by atoms with van der Waals surface area (Å²) in [5.41, 5.74) is 4.22. The number of rotatable bonds is 6. The number of para-hydroxylation sites is 2. The maximum atomic E-state index is 13.1. The zero-order chi connectivity index (χ0) is 23.5. The lowest BCUT2D eigenvalue weighted by atomic mass is 9.98. The average molecular weight is 443 g/mol. The maximum Gasteiger partial charge on any atom is 0.339 e. The van der Waals surface area contributed by atoms with E-state index in [9.17, 15) is 9.59 Å². The van der Waals surface area contributed by atoms with E-state index in [1.807, 2.05) is 43.3 Å². The molecule has 4 aromatic rings. The lowest BCUT2D eigenvalue weighted by Crippen LogP contribution is -2.30. The predicted molar refractivity (Wildman–Crippen MR) is 128 cm³/mol. The van der Waals surface area contributed by atoms with Crippen LogP contribution in [0.2, 0.25) is 0 Å². The molecule has 0 spiro atoms. The Bertz CT molecular complexity index is 1310. The molecule has 0 fully saturated rings. The van der Waals surface area contributed by atoms with Crippen molar-refractivity contribution in [3.63, 3.8) is 0 Å². The molecule has 4 rings (SSSR count). The molecule has 0 saturated heterocycles. The second-order valence-electron chi connectivity index (χ2n) is 8.28. The van der Waals surface area contributed by atoms with Crippen molar-refractivity contribution in [1.29, 1.82) is 0 Å². The first-order valence-electron chi connectivity index (χ1n) is 10.9. The number of amides is 1. The molecule has 1 unspecified atom stereocenters. The number of hydrogen-bond acceptors (Lipinski definition) is 5. The normalized spacial score (nSPS) is 12.0. The number of carbonyl (C=O) groups is 2. The van der Waals surface area contributed by atoms with Crippen LogP contribution in [-0.4, -0.2) is 23.0 Å². The number of pyridine rings is 1. The summed E-state index contributed by atoms with van der Waals surface area (Å²) < 4.78 is 11.0. The van der Waals surface area contributed by atoms with Crippen molar-refractivity contribution in [3.8, 4) is 11.5 Å². The SMILES string of the molecule is Cc1cccc(C(C)C)c1NC(=O)C(C)OC(=O)c1cc(-c2ccco2)nc2ccccc12. The Kier molecular flexibility index (Phi) is 6.27. The Labute approximate surface area is 192 Å². The van der Waals surface area contributed by atoms with Crippen molar-refractivity contribution in [2.75, 3.05) is 5.32 Å². The molecule has 1 amide bonds. The number of fused-ring (bicyclic) bond motifs is 1. The molecule has 1 atom stereocenters. The van der Waals surface area contributed by atoms with Gasteiger partial charge in [-0.05, 0) is 55.2 Å². The van der Waals surface area contributed by atoms with Crippen LogP contribution in [0.3, 0.4) is 0 Å². The molecule has 0 saturated carbocycles. The fourth-order valence-electron chi connectivity index (χ4n) is 3.74. The van der Waals surface area contributed by atoms with E-state index >= 15 is 0 Å². The van der Waals surface area contributed by atoms with Crippen molar-refractivity contribution in [2.24, 2.45) is 0 Å². The number of anilines is 1. The summed E-state index contributed by atoms with van der Waals surface area (Å²) in [6.45, 7) is 7.65. The molecule has 168 valence electrons. The Morgan fingerprint density at radius 2 is 1.79 bits per heavy atom. The molecule has 0 aliphatic rings. The Hall–Kier alpha value is -3.93.